The van der Waals surface area contributed by atoms with Crippen molar-refractivity contribution in [3.8, 4) is 0 Å². The van der Waals surface area contributed by atoms with Crippen LogP contribution in [0.3, 0.4) is 0 Å². The Labute approximate surface area is 125 Å². The first-order valence-electron chi connectivity index (χ1n) is 7.29. The lowest BCUT2D eigenvalue weighted by atomic mass is 10.0. The summed E-state index contributed by atoms with van der Waals surface area (Å²) in [5.74, 6) is 1.17. The van der Waals surface area contributed by atoms with Crippen LogP contribution in [-0.4, -0.2) is 32.3 Å². The molecule has 21 heavy (non-hydrogen) atoms. The highest BCUT2D eigenvalue weighted by molar-refractivity contribution is 7.89. The number of aryl methyl sites for hydroxylation is 1. The van der Waals surface area contributed by atoms with E-state index in [4.69, 9.17) is 5.14 Å². The zero-order valence-corrected chi connectivity index (χ0v) is 12.9. The van der Waals surface area contributed by atoms with Crippen molar-refractivity contribution >= 4 is 15.9 Å². The lowest BCUT2D eigenvalue weighted by Crippen LogP contribution is -2.30. The van der Waals surface area contributed by atoms with Crippen LogP contribution in [0.25, 0.3) is 0 Å². The van der Waals surface area contributed by atoms with Crippen molar-refractivity contribution < 1.29 is 13.2 Å². The molecular formula is C15H20N2O3S. The molecule has 2 N–H and O–H groups in total. The van der Waals surface area contributed by atoms with Crippen molar-refractivity contribution in [1.29, 1.82) is 0 Å². The molecule has 0 spiro atoms. The molecule has 0 aromatic heterocycles. The lowest BCUT2D eigenvalue weighted by Gasteiger charge is -2.19. The van der Waals surface area contributed by atoms with Crippen LogP contribution >= 0.6 is 0 Å². The number of rotatable bonds is 2. The van der Waals surface area contributed by atoms with Crippen LogP contribution < -0.4 is 5.14 Å². The molecule has 2 atom stereocenters. The Bertz CT molecular complexity index is 672. The fourth-order valence-corrected chi connectivity index (χ4v) is 4.12. The number of hydrogen-bond donors (Lipinski definition) is 1. The van der Waals surface area contributed by atoms with Crippen molar-refractivity contribution in [2.75, 3.05) is 13.1 Å². The van der Waals surface area contributed by atoms with E-state index < -0.39 is 10.0 Å². The monoisotopic (exact) mass is 308 g/mol. The second kappa shape index (κ2) is 5.10. The molecule has 1 aliphatic carbocycles. The minimum atomic E-state index is -3.78. The van der Waals surface area contributed by atoms with Crippen molar-refractivity contribution in [3.05, 3.63) is 29.3 Å². The third kappa shape index (κ3) is 2.70. The maximum atomic E-state index is 12.7. The summed E-state index contributed by atoms with van der Waals surface area (Å²) in [7, 11) is -3.78. The molecule has 2 aliphatic rings. The summed E-state index contributed by atoms with van der Waals surface area (Å²) in [6.07, 6.45) is 3.66. The molecule has 6 heteroatoms. The molecule has 1 aromatic carbocycles. The Hall–Kier alpha value is -1.40. The number of likely N-dealkylation sites (tertiary alicyclic amines) is 1. The first kappa shape index (κ1) is 14.5. The maximum absolute atomic E-state index is 12.7. The SMILES string of the molecule is Cc1ccc(S(N)(=O)=O)cc1C(=O)N1CC2CCCC2C1. The number of carbonyl (C=O) groups is 1. The van der Waals surface area contributed by atoms with Gasteiger partial charge in [-0.05, 0) is 49.3 Å². The van der Waals surface area contributed by atoms with Crippen LogP contribution in [0.4, 0.5) is 0 Å². The predicted octanol–water partition coefficient (Wildman–Crippen LogP) is 1.51. The summed E-state index contributed by atoms with van der Waals surface area (Å²) in [6, 6.07) is 4.49. The van der Waals surface area contributed by atoms with Gasteiger partial charge < -0.3 is 4.90 Å². The first-order chi connectivity index (χ1) is 9.86. The summed E-state index contributed by atoms with van der Waals surface area (Å²) >= 11 is 0. The van der Waals surface area contributed by atoms with Gasteiger partial charge in [0.25, 0.3) is 5.91 Å². The minimum absolute atomic E-state index is 0.00385. The number of amides is 1. The molecule has 1 aliphatic heterocycles. The summed E-state index contributed by atoms with van der Waals surface area (Å²) in [4.78, 5) is 14.5. The van der Waals surface area contributed by atoms with Crippen molar-refractivity contribution in [2.24, 2.45) is 17.0 Å². The molecule has 1 saturated carbocycles. The van der Waals surface area contributed by atoms with Crippen LogP contribution in [0, 0.1) is 18.8 Å². The highest BCUT2D eigenvalue weighted by Crippen LogP contribution is 2.38. The molecular weight excluding hydrogens is 288 g/mol. The van der Waals surface area contributed by atoms with Gasteiger partial charge in [0.1, 0.15) is 0 Å². The van der Waals surface area contributed by atoms with Gasteiger partial charge in [-0.25, -0.2) is 13.6 Å². The Balaban J connectivity index is 1.88. The molecule has 1 amide bonds. The Morgan fingerprint density at radius 1 is 1.24 bits per heavy atom. The van der Waals surface area contributed by atoms with E-state index in [2.05, 4.69) is 0 Å². The van der Waals surface area contributed by atoms with Gasteiger partial charge >= 0.3 is 0 Å². The number of carbonyl (C=O) groups excluding carboxylic acids is 1. The van der Waals surface area contributed by atoms with Gasteiger partial charge in [-0.3, -0.25) is 4.79 Å². The van der Waals surface area contributed by atoms with E-state index in [-0.39, 0.29) is 10.8 Å². The van der Waals surface area contributed by atoms with Crippen molar-refractivity contribution in [3.63, 3.8) is 0 Å². The normalized spacial score (nSPS) is 25.1. The lowest BCUT2D eigenvalue weighted by molar-refractivity contribution is 0.0779. The van der Waals surface area contributed by atoms with Crippen molar-refractivity contribution in [1.82, 2.24) is 4.90 Å². The number of benzene rings is 1. The number of nitrogens with zero attached hydrogens (tertiary/aromatic N) is 1. The van der Waals surface area contributed by atoms with Gasteiger partial charge in [-0.2, -0.15) is 0 Å². The Morgan fingerprint density at radius 2 is 1.86 bits per heavy atom. The van der Waals surface area contributed by atoms with Crippen LogP contribution in [-0.2, 0) is 10.0 Å². The van der Waals surface area contributed by atoms with E-state index in [1.807, 2.05) is 11.8 Å². The molecule has 0 bridgehead atoms. The van der Waals surface area contributed by atoms with Gasteiger partial charge in [0.05, 0.1) is 4.90 Å². The highest BCUT2D eigenvalue weighted by atomic mass is 32.2. The number of nitrogens with two attached hydrogens (primary N) is 1. The van der Waals surface area contributed by atoms with Gasteiger partial charge in [-0.15, -0.1) is 0 Å². The largest absolute Gasteiger partial charge is 0.338 e. The maximum Gasteiger partial charge on any atom is 0.254 e. The quantitative estimate of drug-likeness (QED) is 0.899. The molecule has 3 rings (SSSR count). The van der Waals surface area contributed by atoms with E-state index in [1.165, 1.54) is 31.4 Å². The molecule has 1 aromatic rings. The fraction of sp³-hybridized carbons (Fsp3) is 0.533. The summed E-state index contributed by atoms with van der Waals surface area (Å²) in [6.45, 7) is 3.40. The second-order valence-electron chi connectivity index (χ2n) is 6.18. The molecule has 1 heterocycles. The molecule has 1 saturated heterocycles. The van der Waals surface area contributed by atoms with Gasteiger partial charge in [-0.1, -0.05) is 12.5 Å². The van der Waals surface area contributed by atoms with E-state index in [0.29, 0.717) is 17.4 Å². The number of hydrogen-bond acceptors (Lipinski definition) is 3. The third-order valence-electron chi connectivity index (χ3n) is 4.78. The van der Waals surface area contributed by atoms with Gasteiger partial charge in [0, 0.05) is 18.7 Å². The van der Waals surface area contributed by atoms with Crippen LogP contribution in [0.2, 0.25) is 0 Å². The number of fused-ring (bicyclic) bond motifs is 1. The van der Waals surface area contributed by atoms with Crippen molar-refractivity contribution in [2.45, 2.75) is 31.1 Å². The molecule has 2 unspecified atom stereocenters. The zero-order chi connectivity index (χ0) is 15.2. The number of primary sulfonamides is 1. The van der Waals surface area contributed by atoms with E-state index in [0.717, 1.165) is 18.7 Å². The van der Waals surface area contributed by atoms with E-state index in [9.17, 15) is 13.2 Å². The topological polar surface area (TPSA) is 80.5 Å². The summed E-state index contributed by atoms with van der Waals surface area (Å²) in [5.41, 5.74) is 1.23. The molecule has 114 valence electrons. The standard InChI is InChI=1S/C15H20N2O3S/c1-10-5-6-13(21(16,19)20)7-14(10)15(18)17-8-11-3-2-4-12(11)9-17/h5-7,11-12H,2-4,8-9H2,1H3,(H2,16,19,20). The van der Waals surface area contributed by atoms with Crippen LogP contribution in [0.1, 0.15) is 35.2 Å². The highest BCUT2D eigenvalue weighted by Gasteiger charge is 2.38. The fourth-order valence-electron chi connectivity index (χ4n) is 3.58. The third-order valence-corrected chi connectivity index (χ3v) is 5.69. The van der Waals surface area contributed by atoms with E-state index in [1.54, 1.807) is 6.07 Å². The van der Waals surface area contributed by atoms with Gasteiger partial charge in [0.15, 0.2) is 0 Å². The first-order valence-corrected chi connectivity index (χ1v) is 8.83. The average Bonchev–Trinajstić information content (AvgIpc) is 2.97. The smallest absolute Gasteiger partial charge is 0.254 e. The molecule has 2 fully saturated rings. The van der Waals surface area contributed by atoms with Crippen LogP contribution in [0.5, 0.6) is 0 Å². The van der Waals surface area contributed by atoms with Gasteiger partial charge in [0.2, 0.25) is 10.0 Å². The Kier molecular flexibility index (Phi) is 3.53. The summed E-state index contributed by atoms with van der Waals surface area (Å²) in [5, 5.41) is 5.15. The molecule has 0 radical (unpaired) electrons. The molecule has 5 nitrogen and oxygen atoms in total. The Morgan fingerprint density at radius 3 is 2.43 bits per heavy atom. The zero-order valence-electron chi connectivity index (χ0n) is 12.1. The summed E-state index contributed by atoms with van der Waals surface area (Å²) < 4.78 is 22.9. The van der Waals surface area contributed by atoms with Crippen LogP contribution in [0.15, 0.2) is 23.1 Å². The predicted molar refractivity (Wildman–Crippen MR) is 79.3 cm³/mol. The minimum Gasteiger partial charge on any atom is -0.338 e. The second-order valence-corrected chi connectivity index (χ2v) is 7.74. The number of sulfonamides is 1. The average molecular weight is 308 g/mol. The van der Waals surface area contributed by atoms with E-state index >= 15 is 0 Å².